The molecule has 0 aliphatic carbocycles. The predicted octanol–water partition coefficient (Wildman–Crippen LogP) is -4.78. The van der Waals surface area contributed by atoms with Crippen molar-refractivity contribution in [2.24, 2.45) is 0 Å². The summed E-state index contributed by atoms with van der Waals surface area (Å²) in [5.41, 5.74) is -1.12. The molecule has 1 heterocycles. The monoisotopic (exact) mass is 428 g/mol. The van der Waals surface area contributed by atoms with Gasteiger partial charge in [-0.2, -0.15) is 0 Å². The predicted molar refractivity (Wildman–Crippen MR) is 91.1 cm³/mol. The Hall–Kier alpha value is -0.810. The molecule has 1 rings (SSSR count). The molecule has 8 N–H and O–H groups in total. The van der Waals surface area contributed by atoms with Gasteiger partial charge in [-0.15, -0.1) is 10.3 Å². The van der Waals surface area contributed by atoms with Gasteiger partial charge in [-0.1, -0.05) is 0 Å². The number of nitrogens with zero attached hydrogens (tertiary/aromatic N) is 1. The Morgan fingerprint density at radius 3 is 2.10 bits per heavy atom. The number of aliphatic hydroxyl groups excluding tert-OH is 8. The van der Waals surface area contributed by atoms with Crippen LogP contribution in [0.5, 0.6) is 0 Å². The third kappa shape index (κ3) is 5.46. The lowest BCUT2D eigenvalue weighted by molar-refractivity contribution is -0.345. The number of hydrogen-bond acceptors (Lipinski definition) is 12. The van der Waals surface area contributed by atoms with E-state index < -0.39 is 79.8 Å². The molecule has 0 spiro atoms. The smallest absolute Gasteiger partial charge is 0.224 e. The average Bonchev–Trinajstić information content (AvgIpc) is 2.91. The molecule has 13 nitrogen and oxygen atoms in total. The van der Waals surface area contributed by atoms with Gasteiger partial charge in [0.15, 0.2) is 12.1 Å². The molecule has 0 aromatic rings. The van der Waals surface area contributed by atoms with Crippen LogP contribution in [0.1, 0.15) is 20.8 Å². The molecule has 8 atom stereocenters. The van der Waals surface area contributed by atoms with E-state index in [0.29, 0.717) is 0 Å². The molecular weight excluding hydrogens is 398 g/mol. The molecule has 13 heteroatoms. The lowest BCUT2D eigenvalue weighted by Gasteiger charge is -2.36. The Kier molecular flexibility index (Phi) is 9.04. The number of ether oxygens (including phenoxy) is 2. The van der Waals surface area contributed by atoms with Gasteiger partial charge < -0.3 is 50.3 Å². The van der Waals surface area contributed by atoms with Gasteiger partial charge in [-0.05, 0) is 20.8 Å². The van der Waals surface area contributed by atoms with Crippen LogP contribution in [0, 0.1) is 0 Å². The fraction of sp³-hybridized carbons (Fsp3) is 0.938. The highest BCUT2D eigenvalue weighted by Gasteiger charge is 2.57. The Balaban J connectivity index is 2.93. The van der Waals surface area contributed by atoms with Crippen LogP contribution in [0.15, 0.2) is 0 Å². The first-order valence-electron chi connectivity index (χ1n) is 8.86. The van der Waals surface area contributed by atoms with Crippen molar-refractivity contribution in [1.82, 2.24) is 5.06 Å². The third-order valence-corrected chi connectivity index (χ3v) is 4.58. The van der Waals surface area contributed by atoms with Crippen LogP contribution in [0.25, 0.3) is 0 Å². The van der Waals surface area contributed by atoms with E-state index >= 15 is 0 Å². The fourth-order valence-electron chi connectivity index (χ4n) is 2.81. The second kappa shape index (κ2) is 10.00. The molecule has 1 aliphatic rings. The summed E-state index contributed by atoms with van der Waals surface area (Å²) >= 11 is 0. The summed E-state index contributed by atoms with van der Waals surface area (Å²) in [6, 6.07) is -1.76. The van der Waals surface area contributed by atoms with Gasteiger partial charge in [-0.3, -0.25) is 4.79 Å². The van der Waals surface area contributed by atoms with Gasteiger partial charge >= 0.3 is 0 Å². The van der Waals surface area contributed by atoms with Crippen molar-refractivity contribution in [3.63, 3.8) is 0 Å². The number of rotatable bonds is 10. The van der Waals surface area contributed by atoms with Gasteiger partial charge in [0.2, 0.25) is 5.79 Å². The molecule has 1 unspecified atom stereocenters. The van der Waals surface area contributed by atoms with E-state index in [-0.39, 0.29) is 5.06 Å². The molecule has 1 aliphatic heterocycles. The van der Waals surface area contributed by atoms with Gasteiger partial charge in [-0.25, -0.2) is 0 Å². The van der Waals surface area contributed by atoms with Crippen LogP contribution >= 0.6 is 0 Å². The Labute approximate surface area is 166 Å². The third-order valence-electron chi connectivity index (χ3n) is 4.58. The Bertz CT molecular complexity index is 542. The maximum absolute atomic E-state index is 12.3. The largest absolute Gasteiger partial charge is 0.394 e. The number of hydrogen-bond donors (Lipinski definition) is 8. The van der Waals surface area contributed by atoms with E-state index in [1.807, 2.05) is 0 Å². The van der Waals surface area contributed by atoms with Crippen molar-refractivity contribution in [3.05, 3.63) is 0 Å². The minimum Gasteiger partial charge on any atom is -0.394 e. The molecular formula is C16H30NO12. The van der Waals surface area contributed by atoms with E-state index in [9.17, 15) is 45.7 Å². The van der Waals surface area contributed by atoms with Crippen molar-refractivity contribution in [2.75, 3.05) is 19.8 Å². The summed E-state index contributed by atoms with van der Waals surface area (Å²) in [5.74, 6) is -3.78. The van der Waals surface area contributed by atoms with Crippen molar-refractivity contribution >= 4 is 5.78 Å². The van der Waals surface area contributed by atoms with Crippen LogP contribution in [-0.4, -0.2) is 126 Å². The number of hydroxylamine groups is 2. The molecule has 0 saturated carbocycles. The van der Waals surface area contributed by atoms with Gasteiger partial charge in [0, 0.05) is 5.54 Å². The normalized spacial score (nSPS) is 32.2. The minimum atomic E-state index is -2.47. The first kappa shape index (κ1) is 26.2. The number of ketones is 1. The SMILES string of the molecule is CC(C)(C)N([O])C(CO)C(=O)[C@H](O)[C@@H](O)[C@@H](O)O[C@]1(CO)O[C@H](CO)[C@@H](O)[C@@H]1O. The van der Waals surface area contributed by atoms with Crippen molar-refractivity contribution < 1.29 is 60.3 Å². The Morgan fingerprint density at radius 1 is 1.17 bits per heavy atom. The molecule has 0 aromatic heterocycles. The lowest BCUT2D eigenvalue weighted by Crippen LogP contribution is -2.58. The summed E-state index contributed by atoms with van der Waals surface area (Å²) in [6.45, 7) is 1.46. The Morgan fingerprint density at radius 2 is 1.72 bits per heavy atom. The van der Waals surface area contributed by atoms with Gasteiger partial charge in [0.05, 0.1) is 13.2 Å². The molecule has 0 bridgehead atoms. The molecule has 29 heavy (non-hydrogen) atoms. The quantitative estimate of drug-likeness (QED) is 0.121. The zero-order valence-electron chi connectivity index (χ0n) is 16.3. The van der Waals surface area contributed by atoms with E-state index in [2.05, 4.69) is 0 Å². The summed E-state index contributed by atoms with van der Waals surface area (Å²) in [6.07, 6.45) is -12.3. The summed E-state index contributed by atoms with van der Waals surface area (Å²) in [4.78, 5) is 12.3. The molecule has 1 radical (unpaired) electrons. The van der Waals surface area contributed by atoms with Crippen molar-refractivity contribution in [1.29, 1.82) is 0 Å². The molecule has 171 valence electrons. The number of carbonyl (C=O) groups is 1. The minimum absolute atomic E-state index is 0.222. The van der Waals surface area contributed by atoms with E-state index in [0.717, 1.165) is 0 Å². The van der Waals surface area contributed by atoms with Crippen molar-refractivity contribution in [2.45, 2.75) is 74.9 Å². The number of carbonyl (C=O) groups excluding carboxylic acids is 1. The summed E-state index contributed by atoms with van der Waals surface area (Å²) in [7, 11) is 0. The maximum atomic E-state index is 12.3. The molecule has 0 amide bonds. The maximum Gasteiger partial charge on any atom is 0.224 e. The number of aliphatic hydroxyl groups is 8. The second-order valence-corrected chi connectivity index (χ2v) is 7.79. The van der Waals surface area contributed by atoms with Crippen molar-refractivity contribution in [3.8, 4) is 0 Å². The fourth-order valence-corrected chi connectivity index (χ4v) is 2.81. The van der Waals surface area contributed by atoms with Gasteiger partial charge in [0.1, 0.15) is 43.2 Å². The molecule has 0 aromatic carbocycles. The van der Waals surface area contributed by atoms with Gasteiger partial charge in [0.25, 0.3) is 0 Å². The summed E-state index contributed by atoms with van der Waals surface area (Å²) < 4.78 is 9.91. The zero-order valence-corrected chi connectivity index (χ0v) is 16.3. The van der Waals surface area contributed by atoms with E-state index in [1.54, 1.807) is 0 Å². The molecule has 1 saturated heterocycles. The summed E-state index contributed by atoms with van der Waals surface area (Å²) in [5, 5.41) is 90.2. The zero-order chi connectivity index (χ0) is 22.7. The first-order valence-corrected chi connectivity index (χ1v) is 8.86. The highest BCUT2D eigenvalue weighted by atomic mass is 16.8. The average molecular weight is 428 g/mol. The highest BCUT2D eigenvalue weighted by molar-refractivity contribution is 5.88. The van der Waals surface area contributed by atoms with Crippen LogP contribution < -0.4 is 0 Å². The molecule has 1 fully saturated rings. The first-order chi connectivity index (χ1) is 13.3. The highest BCUT2D eigenvalue weighted by Crippen LogP contribution is 2.33. The van der Waals surface area contributed by atoms with Crippen LogP contribution in [0.2, 0.25) is 0 Å². The van der Waals surface area contributed by atoms with E-state index in [1.165, 1.54) is 20.8 Å². The standard InChI is InChI=1S/C16H30NO12/c1-15(2,3)17(27)7(4-18)9(21)11(23)12(24)14(26)29-16(6-20)13(25)10(22)8(5-19)28-16/h7-8,10-14,18-20,22-26H,4-6H2,1-3H3/t7?,8-,10-,11+,12-,13+,14+,16+/m1/s1. The number of Topliss-reactive ketones (excluding diaryl/α,β-unsaturated/α-hetero) is 1. The topological polar surface area (TPSA) is 221 Å². The van der Waals surface area contributed by atoms with Crippen LogP contribution in [0.4, 0.5) is 0 Å². The lowest BCUT2D eigenvalue weighted by atomic mass is 9.98. The van der Waals surface area contributed by atoms with Crippen LogP contribution in [0.3, 0.4) is 0 Å². The van der Waals surface area contributed by atoms with E-state index in [4.69, 9.17) is 14.6 Å². The second-order valence-electron chi connectivity index (χ2n) is 7.79. The van der Waals surface area contributed by atoms with Crippen LogP contribution in [-0.2, 0) is 19.5 Å².